The number of benzene rings is 1. The first-order valence-corrected chi connectivity index (χ1v) is 8.38. The minimum Gasteiger partial charge on any atom is -0.451 e. The number of aryl methyl sites for hydroxylation is 2. The van der Waals surface area contributed by atoms with E-state index in [9.17, 15) is 9.59 Å². The van der Waals surface area contributed by atoms with Crippen molar-refractivity contribution in [3.8, 4) is 22.6 Å². The Morgan fingerprint density at radius 2 is 1.69 bits per heavy atom. The molecule has 0 saturated heterocycles. The van der Waals surface area contributed by atoms with Crippen LogP contribution < -0.4 is 15.9 Å². The molecule has 5 heteroatoms. The summed E-state index contributed by atoms with van der Waals surface area (Å²) in [6.07, 6.45) is 7.99. The second kappa shape index (κ2) is 6.19. The van der Waals surface area contributed by atoms with Gasteiger partial charge in [-0.3, -0.25) is 9.59 Å². The van der Waals surface area contributed by atoms with Crippen LogP contribution in [0.2, 0.25) is 0 Å². The molecule has 0 radical (unpaired) electrons. The van der Waals surface area contributed by atoms with Gasteiger partial charge < -0.3 is 13.9 Å². The van der Waals surface area contributed by atoms with Crippen molar-refractivity contribution in [2.75, 3.05) is 0 Å². The second-order valence-electron chi connectivity index (χ2n) is 6.35. The molecule has 0 fully saturated rings. The minimum absolute atomic E-state index is 0.0110. The average molecular weight is 346 g/mol. The van der Waals surface area contributed by atoms with E-state index >= 15 is 0 Å². The van der Waals surface area contributed by atoms with E-state index in [0.717, 1.165) is 16.7 Å². The molecule has 0 N–H and O–H groups in total. The minimum atomic E-state index is -0.226. The lowest BCUT2D eigenvalue weighted by molar-refractivity contribution is 0.471. The normalized spacial score (nSPS) is 12.2. The summed E-state index contributed by atoms with van der Waals surface area (Å²) in [5.41, 5.74) is 2.87. The van der Waals surface area contributed by atoms with E-state index in [1.54, 1.807) is 43.2 Å². The van der Waals surface area contributed by atoms with Gasteiger partial charge in [0, 0.05) is 43.2 Å². The lowest BCUT2D eigenvalue weighted by atomic mass is 9.99. The number of para-hydroxylation sites is 1. The van der Waals surface area contributed by atoms with E-state index < -0.39 is 0 Å². The fourth-order valence-electron chi connectivity index (χ4n) is 3.23. The summed E-state index contributed by atoms with van der Waals surface area (Å²) < 4.78 is 9.01. The molecule has 130 valence electrons. The van der Waals surface area contributed by atoms with E-state index in [1.807, 2.05) is 36.4 Å². The molecule has 3 aromatic rings. The zero-order valence-corrected chi connectivity index (χ0v) is 14.6. The summed E-state index contributed by atoms with van der Waals surface area (Å²) >= 11 is 0. The largest absolute Gasteiger partial charge is 0.451 e. The SMILES string of the molecule is Cn1cc(-c2ccn(C)c(=O)c2Oc2ccccc2)c2c(c1=O)CC=C2. The molecule has 0 spiro atoms. The Hall–Kier alpha value is -3.34. The molecule has 0 aliphatic heterocycles. The maximum Gasteiger partial charge on any atom is 0.293 e. The Balaban J connectivity index is 1.97. The predicted molar refractivity (Wildman–Crippen MR) is 102 cm³/mol. The van der Waals surface area contributed by atoms with E-state index in [2.05, 4.69) is 0 Å². The molecule has 0 amide bonds. The molecule has 2 heterocycles. The van der Waals surface area contributed by atoms with Gasteiger partial charge >= 0.3 is 0 Å². The number of nitrogens with zero attached hydrogens (tertiary/aromatic N) is 2. The number of allylic oxidation sites excluding steroid dienone is 1. The number of hydrogen-bond acceptors (Lipinski definition) is 3. The highest BCUT2D eigenvalue weighted by Gasteiger charge is 2.21. The Labute approximate surface area is 150 Å². The Morgan fingerprint density at radius 1 is 0.923 bits per heavy atom. The van der Waals surface area contributed by atoms with Crippen LogP contribution in [0.15, 0.2) is 64.5 Å². The maximum absolute atomic E-state index is 12.8. The monoisotopic (exact) mass is 346 g/mol. The zero-order chi connectivity index (χ0) is 18.3. The number of ether oxygens (including phenoxy) is 1. The van der Waals surface area contributed by atoms with Gasteiger partial charge in [0.2, 0.25) is 0 Å². The van der Waals surface area contributed by atoms with Crippen molar-refractivity contribution < 1.29 is 4.74 Å². The summed E-state index contributed by atoms with van der Waals surface area (Å²) in [6.45, 7) is 0. The number of pyridine rings is 2. The molecule has 0 bridgehead atoms. The fraction of sp³-hybridized carbons (Fsp3) is 0.143. The maximum atomic E-state index is 12.8. The number of aromatic nitrogens is 2. The molecule has 0 atom stereocenters. The van der Waals surface area contributed by atoms with Crippen molar-refractivity contribution in [3.05, 3.63) is 86.7 Å². The van der Waals surface area contributed by atoms with Crippen LogP contribution in [0.1, 0.15) is 11.1 Å². The molecule has 1 aliphatic carbocycles. The van der Waals surface area contributed by atoms with Gasteiger partial charge in [-0.1, -0.05) is 30.4 Å². The third-order valence-electron chi connectivity index (χ3n) is 4.60. The molecule has 1 aliphatic rings. The Bertz CT molecular complexity index is 1140. The predicted octanol–water partition coefficient (Wildman–Crippen LogP) is 3.11. The standard InChI is InChI=1S/C21H18N2O3/c1-22-12-11-16(19(21(22)25)26-14-7-4-3-5-8-14)18-13-23(2)20(24)17-10-6-9-15(17)18/h3-9,11-13H,10H2,1-2H3. The highest BCUT2D eigenvalue weighted by Crippen LogP contribution is 2.35. The zero-order valence-electron chi connectivity index (χ0n) is 14.6. The first kappa shape index (κ1) is 16.1. The van der Waals surface area contributed by atoms with Crippen molar-refractivity contribution in [1.29, 1.82) is 0 Å². The van der Waals surface area contributed by atoms with Crippen LogP contribution >= 0.6 is 0 Å². The van der Waals surface area contributed by atoms with Gasteiger partial charge in [-0.15, -0.1) is 0 Å². The molecule has 4 rings (SSSR count). The second-order valence-corrected chi connectivity index (χ2v) is 6.35. The van der Waals surface area contributed by atoms with Crippen molar-refractivity contribution in [3.63, 3.8) is 0 Å². The van der Waals surface area contributed by atoms with Crippen LogP contribution in [0.4, 0.5) is 0 Å². The van der Waals surface area contributed by atoms with Crippen molar-refractivity contribution in [2.45, 2.75) is 6.42 Å². The molecular weight excluding hydrogens is 328 g/mol. The van der Waals surface area contributed by atoms with Crippen LogP contribution in [0.5, 0.6) is 11.5 Å². The lowest BCUT2D eigenvalue weighted by Gasteiger charge is -2.15. The third-order valence-corrected chi connectivity index (χ3v) is 4.60. The van der Waals surface area contributed by atoms with Gasteiger partial charge in [0.05, 0.1) is 0 Å². The van der Waals surface area contributed by atoms with Crippen LogP contribution in [0, 0.1) is 0 Å². The fourth-order valence-corrected chi connectivity index (χ4v) is 3.23. The van der Waals surface area contributed by atoms with E-state index in [4.69, 9.17) is 4.74 Å². The quantitative estimate of drug-likeness (QED) is 0.732. The van der Waals surface area contributed by atoms with Gasteiger partial charge in [0.15, 0.2) is 5.75 Å². The van der Waals surface area contributed by atoms with Gasteiger partial charge in [0.25, 0.3) is 11.1 Å². The number of hydrogen-bond donors (Lipinski definition) is 0. The highest BCUT2D eigenvalue weighted by molar-refractivity contribution is 5.81. The first-order valence-electron chi connectivity index (χ1n) is 8.38. The average Bonchev–Trinajstić information content (AvgIpc) is 3.14. The topological polar surface area (TPSA) is 53.2 Å². The third kappa shape index (κ3) is 2.58. The van der Waals surface area contributed by atoms with E-state index in [-0.39, 0.29) is 16.9 Å². The number of fused-ring (bicyclic) bond motifs is 1. The highest BCUT2D eigenvalue weighted by atomic mass is 16.5. The molecular formula is C21H18N2O3. The summed E-state index contributed by atoms with van der Waals surface area (Å²) in [5.74, 6) is 0.844. The van der Waals surface area contributed by atoms with E-state index in [0.29, 0.717) is 17.7 Å². The number of rotatable bonds is 3. The van der Waals surface area contributed by atoms with Gasteiger partial charge in [-0.25, -0.2) is 0 Å². The van der Waals surface area contributed by atoms with Crippen LogP contribution in [0.25, 0.3) is 17.2 Å². The van der Waals surface area contributed by atoms with Crippen LogP contribution in [0.3, 0.4) is 0 Å². The molecule has 26 heavy (non-hydrogen) atoms. The first-order chi connectivity index (χ1) is 12.6. The van der Waals surface area contributed by atoms with Gasteiger partial charge in [0.1, 0.15) is 5.75 Å². The molecule has 1 aromatic carbocycles. The molecule has 0 unspecified atom stereocenters. The molecule has 0 saturated carbocycles. The lowest BCUT2D eigenvalue weighted by Crippen LogP contribution is -2.22. The van der Waals surface area contributed by atoms with Crippen molar-refractivity contribution in [2.24, 2.45) is 14.1 Å². The van der Waals surface area contributed by atoms with Gasteiger partial charge in [-0.2, -0.15) is 0 Å². The van der Waals surface area contributed by atoms with Crippen molar-refractivity contribution >= 4 is 6.08 Å². The summed E-state index contributed by atoms with van der Waals surface area (Å²) in [7, 11) is 3.41. The van der Waals surface area contributed by atoms with Crippen LogP contribution in [-0.2, 0) is 20.5 Å². The Kier molecular flexibility index (Phi) is 3.84. The molecule has 5 nitrogen and oxygen atoms in total. The summed E-state index contributed by atoms with van der Waals surface area (Å²) in [5, 5.41) is 0. The van der Waals surface area contributed by atoms with E-state index in [1.165, 1.54) is 4.57 Å². The summed E-state index contributed by atoms with van der Waals surface area (Å²) in [4.78, 5) is 25.1. The smallest absolute Gasteiger partial charge is 0.293 e. The molecule has 2 aromatic heterocycles. The van der Waals surface area contributed by atoms with Gasteiger partial charge in [-0.05, 0) is 30.2 Å². The van der Waals surface area contributed by atoms with Crippen molar-refractivity contribution in [1.82, 2.24) is 9.13 Å². The Morgan fingerprint density at radius 3 is 2.46 bits per heavy atom. The summed E-state index contributed by atoms with van der Waals surface area (Å²) in [6, 6.07) is 11.1. The van der Waals surface area contributed by atoms with Crippen LogP contribution in [-0.4, -0.2) is 9.13 Å².